The molecular formula is C15H14N4O2S. The molecule has 0 aliphatic carbocycles. The van der Waals surface area contributed by atoms with Gasteiger partial charge in [0, 0.05) is 11.4 Å². The van der Waals surface area contributed by atoms with E-state index in [0.29, 0.717) is 16.7 Å². The number of furan rings is 1. The molecule has 0 fully saturated rings. The lowest BCUT2D eigenvalue weighted by Gasteiger charge is -2.03. The topological polar surface area (TPSA) is 73.0 Å². The molecule has 0 saturated carbocycles. The van der Waals surface area contributed by atoms with Gasteiger partial charge in [-0.1, -0.05) is 6.08 Å². The van der Waals surface area contributed by atoms with E-state index < -0.39 is 0 Å². The summed E-state index contributed by atoms with van der Waals surface area (Å²) in [5.74, 6) is 1.08. The molecule has 0 unspecified atom stereocenters. The van der Waals surface area contributed by atoms with Gasteiger partial charge in [0.15, 0.2) is 5.76 Å². The molecule has 7 heteroatoms. The predicted molar refractivity (Wildman–Crippen MR) is 85.1 cm³/mol. The summed E-state index contributed by atoms with van der Waals surface area (Å²) in [5.41, 5.74) is 1.54. The first-order valence-corrected chi connectivity index (χ1v) is 7.55. The molecule has 0 atom stereocenters. The number of anilines is 1. The highest BCUT2D eigenvalue weighted by Gasteiger charge is 2.14. The van der Waals surface area contributed by atoms with Crippen LogP contribution in [-0.4, -0.2) is 20.7 Å². The Labute approximate surface area is 131 Å². The van der Waals surface area contributed by atoms with Crippen molar-refractivity contribution in [2.45, 2.75) is 13.8 Å². The Morgan fingerprint density at radius 2 is 2.36 bits per heavy atom. The molecule has 22 heavy (non-hydrogen) atoms. The highest BCUT2D eigenvalue weighted by Crippen LogP contribution is 2.26. The minimum Gasteiger partial charge on any atom is -0.463 e. The molecule has 0 saturated heterocycles. The van der Waals surface area contributed by atoms with Crippen molar-refractivity contribution in [2.75, 3.05) is 5.32 Å². The van der Waals surface area contributed by atoms with E-state index in [1.54, 1.807) is 30.0 Å². The molecule has 0 aliphatic rings. The fraction of sp³-hybridized carbons (Fsp3) is 0.133. The monoisotopic (exact) mass is 314 g/mol. The predicted octanol–water partition coefficient (Wildman–Crippen LogP) is 3.41. The minimum atomic E-state index is -0.202. The number of hydrogen-bond acceptors (Lipinski definition) is 5. The summed E-state index contributed by atoms with van der Waals surface area (Å²) < 4.78 is 6.96. The Morgan fingerprint density at radius 1 is 1.50 bits per heavy atom. The Kier molecular flexibility index (Phi) is 3.88. The van der Waals surface area contributed by atoms with Crippen LogP contribution in [0.15, 0.2) is 46.4 Å². The van der Waals surface area contributed by atoms with Crippen molar-refractivity contribution in [2.24, 2.45) is 0 Å². The zero-order chi connectivity index (χ0) is 15.5. The normalized spacial score (nSPS) is 11.2. The number of carbonyl (C=O) groups is 1. The summed E-state index contributed by atoms with van der Waals surface area (Å²) in [6.45, 7) is 3.65. The van der Waals surface area contributed by atoms with Crippen LogP contribution in [0.5, 0.6) is 0 Å². The number of nitrogens with one attached hydrogen (secondary N) is 1. The fourth-order valence-corrected chi connectivity index (χ4v) is 2.73. The Hall–Kier alpha value is -2.67. The zero-order valence-electron chi connectivity index (χ0n) is 12.1. The van der Waals surface area contributed by atoms with Crippen molar-refractivity contribution in [3.8, 4) is 16.6 Å². The van der Waals surface area contributed by atoms with Gasteiger partial charge in [0.2, 0.25) is 11.0 Å². The number of carbonyl (C=O) groups excluding carboxylic acids is 1. The van der Waals surface area contributed by atoms with E-state index in [4.69, 9.17) is 4.42 Å². The largest absolute Gasteiger partial charge is 0.463 e. The maximum atomic E-state index is 11.7. The smallest absolute Gasteiger partial charge is 0.249 e. The van der Waals surface area contributed by atoms with E-state index in [1.165, 1.54) is 17.4 Å². The highest BCUT2D eigenvalue weighted by atomic mass is 32.1. The van der Waals surface area contributed by atoms with Gasteiger partial charge in [0.25, 0.3) is 0 Å². The Bertz CT molecular complexity index is 815. The van der Waals surface area contributed by atoms with Gasteiger partial charge in [-0.15, -0.1) is 11.3 Å². The molecule has 3 rings (SSSR count). The lowest BCUT2D eigenvalue weighted by Crippen LogP contribution is -2.12. The number of aryl methyl sites for hydroxylation is 1. The molecule has 3 heterocycles. The van der Waals surface area contributed by atoms with Gasteiger partial charge >= 0.3 is 0 Å². The molecular weight excluding hydrogens is 300 g/mol. The van der Waals surface area contributed by atoms with E-state index in [9.17, 15) is 4.79 Å². The molecule has 6 nitrogen and oxygen atoms in total. The van der Waals surface area contributed by atoms with E-state index in [0.717, 1.165) is 11.4 Å². The van der Waals surface area contributed by atoms with Crippen LogP contribution in [0.2, 0.25) is 0 Å². The number of thiazole rings is 1. The average molecular weight is 314 g/mol. The molecule has 3 aromatic rings. The molecule has 1 N–H and O–H groups in total. The average Bonchev–Trinajstić information content (AvgIpc) is 3.18. The van der Waals surface area contributed by atoms with Crippen LogP contribution in [0.1, 0.15) is 12.6 Å². The van der Waals surface area contributed by atoms with Crippen LogP contribution in [0, 0.1) is 6.92 Å². The van der Waals surface area contributed by atoms with E-state index in [-0.39, 0.29) is 5.91 Å². The third-order valence-electron chi connectivity index (χ3n) is 2.85. The van der Waals surface area contributed by atoms with Gasteiger partial charge in [0.05, 0.1) is 12.0 Å². The lowest BCUT2D eigenvalue weighted by atomic mass is 10.4. The molecule has 3 aromatic heterocycles. The van der Waals surface area contributed by atoms with Gasteiger partial charge in [-0.05, 0) is 32.1 Å². The van der Waals surface area contributed by atoms with E-state index in [2.05, 4.69) is 15.4 Å². The number of hydrogen-bond donors (Lipinski definition) is 1. The van der Waals surface area contributed by atoms with Crippen molar-refractivity contribution >= 4 is 23.1 Å². The zero-order valence-corrected chi connectivity index (χ0v) is 12.9. The van der Waals surface area contributed by atoms with Crippen LogP contribution in [0.4, 0.5) is 5.82 Å². The maximum absolute atomic E-state index is 11.7. The third kappa shape index (κ3) is 2.84. The second-order valence-electron chi connectivity index (χ2n) is 4.56. The molecule has 0 bridgehead atoms. The summed E-state index contributed by atoms with van der Waals surface area (Å²) in [7, 11) is 0. The number of nitrogens with zero attached hydrogens (tertiary/aromatic N) is 3. The summed E-state index contributed by atoms with van der Waals surface area (Å²) in [6, 6.07) is 5.46. The molecule has 0 radical (unpaired) electrons. The second kappa shape index (κ2) is 5.98. The van der Waals surface area contributed by atoms with Crippen LogP contribution in [0.25, 0.3) is 16.6 Å². The van der Waals surface area contributed by atoms with Crippen molar-refractivity contribution < 1.29 is 9.21 Å². The van der Waals surface area contributed by atoms with E-state index in [1.807, 2.05) is 24.4 Å². The first kappa shape index (κ1) is 14.3. The molecule has 1 amide bonds. The van der Waals surface area contributed by atoms with Gasteiger partial charge in [-0.2, -0.15) is 9.78 Å². The molecule has 0 spiro atoms. The lowest BCUT2D eigenvalue weighted by molar-refractivity contribution is -0.111. The number of allylic oxidation sites excluding steroid dienone is 1. The van der Waals surface area contributed by atoms with Crippen LogP contribution >= 0.6 is 11.3 Å². The quantitative estimate of drug-likeness (QED) is 0.749. The van der Waals surface area contributed by atoms with Crippen LogP contribution < -0.4 is 5.32 Å². The highest BCUT2D eigenvalue weighted by molar-refractivity contribution is 7.12. The summed E-state index contributed by atoms with van der Waals surface area (Å²) in [4.78, 5) is 16.2. The number of rotatable bonds is 4. The van der Waals surface area contributed by atoms with Gasteiger partial charge < -0.3 is 9.73 Å². The van der Waals surface area contributed by atoms with Crippen LogP contribution in [0.3, 0.4) is 0 Å². The first-order chi connectivity index (χ1) is 10.7. The minimum absolute atomic E-state index is 0.202. The summed E-state index contributed by atoms with van der Waals surface area (Å²) >= 11 is 1.43. The van der Waals surface area contributed by atoms with Crippen LogP contribution in [-0.2, 0) is 4.79 Å². The molecule has 0 aliphatic heterocycles. The van der Waals surface area contributed by atoms with Crippen molar-refractivity contribution in [1.29, 1.82) is 0 Å². The number of aromatic nitrogens is 3. The van der Waals surface area contributed by atoms with Gasteiger partial charge in [0.1, 0.15) is 11.5 Å². The van der Waals surface area contributed by atoms with Crippen molar-refractivity contribution in [3.05, 3.63) is 47.7 Å². The first-order valence-electron chi connectivity index (χ1n) is 6.67. The number of amides is 1. The van der Waals surface area contributed by atoms with E-state index >= 15 is 0 Å². The Morgan fingerprint density at radius 3 is 3.09 bits per heavy atom. The SMILES string of the molecule is C/C=C\C(=O)Nc1cc(C)nn1-c1nc(-c2ccco2)cs1. The fourth-order valence-electron chi connectivity index (χ4n) is 1.95. The van der Waals surface area contributed by atoms with Gasteiger partial charge in [-0.25, -0.2) is 4.98 Å². The Balaban J connectivity index is 1.93. The van der Waals surface area contributed by atoms with Gasteiger partial charge in [-0.3, -0.25) is 4.79 Å². The second-order valence-corrected chi connectivity index (χ2v) is 5.40. The molecule has 112 valence electrons. The molecule has 0 aromatic carbocycles. The van der Waals surface area contributed by atoms with Crippen molar-refractivity contribution in [3.63, 3.8) is 0 Å². The van der Waals surface area contributed by atoms with Crippen molar-refractivity contribution in [1.82, 2.24) is 14.8 Å². The maximum Gasteiger partial charge on any atom is 0.249 e. The third-order valence-corrected chi connectivity index (χ3v) is 3.66. The summed E-state index contributed by atoms with van der Waals surface area (Å²) in [6.07, 6.45) is 4.75. The standard InChI is InChI=1S/C15H14N4O2S/c1-3-5-14(20)17-13-8-10(2)18-19(13)15-16-11(9-22-15)12-6-4-7-21-12/h3-9H,1-2H3,(H,17,20)/b5-3-. The summed E-state index contributed by atoms with van der Waals surface area (Å²) in [5, 5.41) is 9.73.